The first-order chi connectivity index (χ1) is 13.1. The molecule has 1 aliphatic heterocycles. The summed E-state index contributed by atoms with van der Waals surface area (Å²) in [6.45, 7) is 5.61. The molecule has 1 aromatic heterocycles. The average molecular weight is 410 g/mol. The second kappa shape index (κ2) is 9.32. The molecule has 1 N–H and O–H groups in total. The molecule has 27 heavy (non-hydrogen) atoms. The highest BCUT2D eigenvalue weighted by molar-refractivity contribution is 7.99. The molecule has 0 radical (unpaired) electrons. The highest BCUT2D eigenvalue weighted by Gasteiger charge is 2.22. The molecule has 0 aliphatic carbocycles. The van der Waals surface area contributed by atoms with E-state index in [4.69, 9.17) is 11.6 Å². The minimum atomic E-state index is -0.214. The summed E-state index contributed by atoms with van der Waals surface area (Å²) in [5.74, 6) is 0.358. The van der Waals surface area contributed by atoms with Crippen molar-refractivity contribution >= 4 is 35.0 Å². The average Bonchev–Trinajstić information content (AvgIpc) is 3.04. The molecular formula is C18H24ClN5O2S. The Morgan fingerprint density at radius 3 is 2.78 bits per heavy atom. The lowest BCUT2D eigenvalue weighted by atomic mass is 10.2. The number of hydrogen-bond donors (Lipinski definition) is 1. The van der Waals surface area contributed by atoms with E-state index in [0.29, 0.717) is 24.8 Å². The number of H-pyrrole nitrogens is 1. The number of unbranched alkanes of at least 4 members (excludes halogenated alkanes) is 1. The Hall–Kier alpha value is -1.93. The Kier molecular flexibility index (Phi) is 6.84. The van der Waals surface area contributed by atoms with Crippen LogP contribution in [0.2, 0.25) is 5.02 Å². The molecule has 7 nitrogen and oxygen atoms in total. The zero-order chi connectivity index (χ0) is 19.2. The number of amides is 1. The number of anilines is 1. The SMILES string of the molecule is CCCCn1c(SCC(=O)N2CCN(c3cccc(Cl)c3)CC2)n[nH]c1=O. The van der Waals surface area contributed by atoms with Crippen LogP contribution in [-0.4, -0.2) is 57.5 Å². The predicted octanol–water partition coefficient (Wildman–Crippen LogP) is 2.47. The standard InChI is InChI=1S/C18H24ClN5O2S/c1-2-3-7-24-17(26)20-21-18(24)27-13-16(25)23-10-8-22(9-11-23)15-6-4-5-14(19)12-15/h4-6,12H,2-3,7-11,13H2,1H3,(H,20,26). The third kappa shape index (κ3) is 5.07. The number of nitrogens with one attached hydrogen (secondary N) is 1. The third-order valence-electron chi connectivity index (χ3n) is 4.59. The lowest BCUT2D eigenvalue weighted by molar-refractivity contribution is -0.128. The van der Waals surface area contributed by atoms with Gasteiger partial charge in [0.25, 0.3) is 0 Å². The fourth-order valence-corrected chi connectivity index (χ4v) is 4.09. The summed E-state index contributed by atoms with van der Waals surface area (Å²) >= 11 is 7.38. The van der Waals surface area contributed by atoms with E-state index in [9.17, 15) is 9.59 Å². The summed E-state index contributed by atoms with van der Waals surface area (Å²) in [4.78, 5) is 28.5. The maximum Gasteiger partial charge on any atom is 0.343 e. The number of halogens is 1. The summed E-state index contributed by atoms with van der Waals surface area (Å²) in [5, 5.41) is 7.82. The van der Waals surface area contributed by atoms with Crippen molar-refractivity contribution in [1.82, 2.24) is 19.7 Å². The molecule has 1 fully saturated rings. The molecule has 1 amide bonds. The Morgan fingerprint density at radius 1 is 1.30 bits per heavy atom. The number of rotatable bonds is 7. The van der Waals surface area contributed by atoms with Gasteiger partial charge in [-0.15, -0.1) is 5.10 Å². The Balaban J connectivity index is 1.51. The van der Waals surface area contributed by atoms with Crippen molar-refractivity contribution in [3.05, 3.63) is 39.8 Å². The first-order valence-electron chi connectivity index (χ1n) is 9.14. The molecule has 0 bridgehead atoms. The van der Waals surface area contributed by atoms with Gasteiger partial charge in [-0.25, -0.2) is 9.89 Å². The van der Waals surface area contributed by atoms with Crippen LogP contribution >= 0.6 is 23.4 Å². The van der Waals surface area contributed by atoms with Gasteiger partial charge in [-0.05, 0) is 24.6 Å². The quantitative estimate of drug-likeness (QED) is 0.711. The number of benzene rings is 1. The van der Waals surface area contributed by atoms with Crippen LogP contribution in [0.25, 0.3) is 0 Å². The number of aromatic nitrogens is 3. The van der Waals surface area contributed by atoms with Crippen molar-refractivity contribution in [2.75, 3.05) is 36.8 Å². The first-order valence-corrected chi connectivity index (χ1v) is 10.5. The highest BCUT2D eigenvalue weighted by Crippen LogP contribution is 2.21. The molecular weight excluding hydrogens is 386 g/mol. The van der Waals surface area contributed by atoms with Crippen molar-refractivity contribution in [3.8, 4) is 0 Å². The highest BCUT2D eigenvalue weighted by atomic mass is 35.5. The first kappa shape index (κ1) is 19.8. The van der Waals surface area contributed by atoms with E-state index < -0.39 is 0 Å². The zero-order valence-corrected chi connectivity index (χ0v) is 16.9. The number of piperazine rings is 1. The Labute approximate surface area is 167 Å². The second-order valence-corrected chi connectivity index (χ2v) is 7.83. The largest absolute Gasteiger partial charge is 0.368 e. The molecule has 0 saturated carbocycles. The van der Waals surface area contributed by atoms with Crippen LogP contribution in [0.4, 0.5) is 5.69 Å². The summed E-state index contributed by atoms with van der Waals surface area (Å²) in [6.07, 6.45) is 1.91. The molecule has 9 heteroatoms. The Bertz CT molecular complexity index is 829. The molecule has 0 spiro atoms. The number of hydrogen-bond acceptors (Lipinski definition) is 5. The molecule has 3 rings (SSSR count). The topological polar surface area (TPSA) is 74.2 Å². The van der Waals surface area contributed by atoms with E-state index in [2.05, 4.69) is 22.0 Å². The summed E-state index contributed by atoms with van der Waals surface area (Å²) in [6, 6.07) is 7.78. The van der Waals surface area contributed by atoms with Crippen LogP contribution in [0.1, 0.15) is 19.8 Å². The molecule has 1 saturated heterocycles. The fourth-order valence-electron chi connectivity index (χ4n) is 3.03. The number of carbonyl (C=O) groups excluding carboxylic acids is 1. The van der Waals surface area contributed by atoms with E-state index in [1.54, 1.807) is 4.57 Å². The maximum atomic E-state index is 12.5. The zero-order valence-electron chi connectivity index (χ0n) is 15.4. The van der Waals surface area contributed by atoms with Gasteiger partial charge in [-0.1, -0.05) is 42.8 Å². The van der Waals surface area contributed by atoms with Gasteiger partial charge in [0, 0.05) is 43.4 Å². The van der Waals surface area contributed by atoms with Gasteiger partial charge in [0.05, 0.1) is 5.75 Å². The van der Waals surface area contributed by atoms with Crippen LogP contribution in [0, 0.1) is 0 Å². The Morgan fingerprint density at radius 2 is 2.07 bits per heavy atom. The van der Waals surface area contributed by atoms with Gasteiger partial charge in [0.2, 0.25) is 5.91 Å². The predicted molar refractivity (Wildman–Crippen MR) is 109 cm³/mol. The van der Waals surface area contributed by atoms with E-state index in [1.165, 1.54) is 11.8 Å². The summed E-state index contributed by atoms with van der Waals surface area (Å²) < 4.78 is 1.61. The second-order valence-electron chi connectivity index (χ2n) is 6.45. The summed E-state index contributed by atoms with van der Waals surface area (Å²) in [7, 11) is 0. The molecule has 2 heterocycles. The monoisotopic (exact) mass is 409 g/mol. The third-order valence-corrected chi connectivity index (χ3v) is 5.79. The van der Waals surface area contributed by atoms with Crippen molar-refractivity contribution in [2.45, 2.75) is 31.5 Å². The van der Waals surface area contributed by atoms with E-state index >= 15 is 0 Å². The van der Waals surface area contributed by atoms with Crippen molar-refractivity contribution < 1.29 is 4.79 Å². The van der Waals surface area contributed by atoms with Crippen LogP contribution in [0.5, 0.6) is 0 Å². The molecule has 1 aromatic carbocycles. The fraction of sp³-hybridized carbons (Fsp3) is 0.500. The number of carbonyl (C=O) groups is 1. The van der Waals surface area contributed by atoms with Gasteiger partial charge in [-0.2, -0.15) is 0 Å². The summed E-state index contributed by atoms with van der Waals surface area (Å²) in [5.41, 5.74) is 0.869. The lowest BCUT2D eigenvalue weighted by Gasteiger charge is -2.36. The van der Waals surface area contributed by atoms with Gasteiger partial charge in [0.15, 0.2) is 5.16 Å². The van der Waals surface area contributed by atoms with Gasteiger partial charge >= 0.3 is 5.69 Å². The van der Waals surface area contributed by atoms with E-state index in [-0.39, 0.29) is 17.3 Å². The van der Waals surface area contributed by atoms with Crippen molar-refractivity contribution in [2.24, 2.45) is 0 Å². The minimum Gasteiger partial charge on any atom is -0.368 e. The maximum absolute atomic E-state index is 12.5. The van der Waals surface area contributed by atoms with E-state index in [1.807, 2.05) is 29.2 Å². The molecule has 0 atom stereocenters. The van der Waals surface area contributed by atoms with Crippen molar-refractivity contribution in [3.63, 3.8) is 0 Å². The van der Waals surface area contributed by atoms with Crippen LogP contribution < -0.4 is 10.6 Å². The van der Waals surface area contributed by atoms with E-state index in [0.717, 1.165) is 36.6 Å². The van der Waals surface area contributed by atoms with Gasteiger partial charge in [0.1, 0.15) is 0 Å². The molecule has 1 aliphatic rings. The number of thioether (sulfide) groups is 1. The van der Waals surface area contributed by atoms with Crippen LogP contribution in [-0.2, 0) is 11.3 Å². The van der Waals surface area contributed by atoms with Crippen LogP contribution in [0.3, 0.4) is 0 Å². The number of aromatic amines is 1. The minimum absolute atomic E-state index is 0.0724. The molecule has 0 unspecified atom stereocenters. The number of nitrogens with zero attached hydrogens (tertiary/aromatic N) is 4. The lowest BCUT2D eigenvalue weighted by Crippen LogP contribution is -2.49. The molecule has 2 aromatic rings. The smallest absolute Gasteiger partial charge is 0.343 e. The van der Waals surface area contributed by atoms with Crippen LogP contribution in [0.15, 0.2) is 34.2 Å². The van der Waals surface area contributed by atoms with Gasteiger partial charge < -0.3 is 9.80 Å². The van der Waals surface area contributed by atoms with Crippen molar-refractivity contribution in [1.29, 1.82) is 0 Å². The molecule has 146 valence electrons. The van der Waals surface area contributed by atoms with Gasteiger partial charge in [-0.3, -0.25) is 9.36 Å². The normalized spacial score (nSPS) is 14.6.